The van der Waals surface area contributed by atoms with Crippen molar-refractivity contribution in [1.82, 2.24) is 14.3 Å². The van der Waals surface area contributed by atoms with Crippen LogP contribution in [-0.2, 0) is 7.05 Å². The summed E-state index contributed by atoms with van der Waals surface area (Å²) in [6, 6.07) is 6.31. The van der Waals surface area contributed by atoms with Crippen LogP contribution in [0.3, 0.4) is 0 Å². The minimum atomic E-state index is -0.750. The van der Waals surface area contributed by atoms with Crippen molar-refractivity contribution in [1.29, 1.82) is 0 Å². The molecule has 2 heterocycles. The van der Waals surface area contributed by atoms with Gasteiger partial charge in [-0.3, -0.25) is 9.59 Å². The molecule has 1 aromatic carbocycles. The molecule has 0 fully saturated rings. The third-order valence-electron chi connectivity index (χ3n) is 4.36. The van der Waals surface area contributed by atoms with Crippen LogP contribution < -0.4 is 17.0 Å². The van der Waals surface area contributed by atoms with Gasteiger partial charge < -0.3 is 21.1 Å². The normalized spacial score (nSPS) is 10.9. The fourth-order valence-corrected chi connectivity index (χ4v) is 2.89. The van der Waals surface area contributed by atoms with E-state index in [1.165, 1.54) is 15.3 Å². The number of primary amides is 1. The zero-order chi connectivity index (χ0) is 19.2. The zero-order valence-corrected chi connectivity index (χ0v) is 14.6. The minimum absolute atomic E-state index is 0.0281. The van der Waals surface area contributed by atoms with E-state index in [1.807, 2.05) is 6.92 Å². The summed E-state index contributed by atoms with van der Waals surface area (Å²) in [5.41, 5.74) is 14.0. The molecule has 2 aromatic heterocycles. The van der Waals surface area contributed by atoms with Gasteiger partial charge in [0.2, 0.25) is 0 Å². The maximum atomic E-state index is 12.0. The average Bonchev–Trinajstić information content (AvgIpc) is 2.91. The van der Waals surface area contributed by atoms with E-state index in [0.717, 1.165) is 5.56 Å². The van der Waals surface area contributed by atoms with E-state index in [1.54, 1.807) is 38.4 Å². The van der Waals surface area contributed by atoms with Crippen molar-refractivity contribution >= 4 is 11.7 Å². The molecule has 0 radical (unpaired) electrons. The Hall–Kier alpha value is -3.55. The Kier molecular flexibility index (Phi) is 4.03. The summed E-state index contributed by atoms with van der Waals surface area (Å²) in [5.74, 6) is -0.624. The first-order valence-electron chi connectivity index (χ1n) is 7.87. The molecule has 0 bridgehead atoms. The van der Waals surface area contributed by atoms with Crippen molar-refractivity contribution in [3.05, 3.63) is 57.5 Å². The van der Waals surface area contributed by atoms with Crippen molar-refractivity contribution in [3.8, 4) is 22.7 Å². The number of phenols is 1. The number of aromatic nitrogens is 3. The standard InChI is InChI=1S/C18H19N5O3/c1-9-4-5-12(24)10(2)16(9)23-17(19)14(18(20)26)15(21-23)11-6-7-22(3)13(25)8-11/h4-8,24H,19H2,1-3H3,(H2,20,26). The lowest BCUT2D eigenvalue weighted by Gasteiger charge is -2.12. The maximum Gasteiger partial charge on any atom is 0.254 e. The molecule has 0 saturated heterocycles. The minimum Gasteiger partial charge on any atom is -0.508 e. The number of nitrogen functional groups attached to an aromatic ring is 1. The largest absolute Gasteiger partial charge is 0.508 e. The van der Waals surface area contributed by atoms with Crippen LogP contribution in [0.25, 0.3) is 16.9 Å². The highest BCUT2D eigenvalue weighted by Gasteiger charge is 2.24. The Morgan fingerprint density at radius 3 is 2.54 bits per heavy atom. The van der Waals surface area contributed by atoms with Gasteiger partial charge in [-0.05, 0) is 31.5 Å². The van der Waals surface area contributed by atoms with Crippen LogP contribution in [0.4, 0.5) is 5.82 Å². The second kappa shape index (κ2) is 6.07. The SMILES string of the molecule is Cc1ccc(O)c(C)c1-n1nc(-c2ccn(C)c(=O)c2)c(C(N)=O)c1N. The average molecular weight is 353 g/mol. The van der Waals surface area contributed by atoms with Gasteiger partial charge >= 0.3 is 0 Å². The van der Waals surface area contributed by atoms with E-state index in [-0.39, 0.29) is 28.4 Å². The monoisotopic (exact) mass is 353 g/mol. The number of hydrogen-bond acceptors (Lipinski definition) is 5. The predicted octanol–water partition coefficient (Wildman–Crippen LogP) is 1.24. The molecular formula is C18H19N5O3. The number of anilines is 1. The van der Waals surface area contributed by atoms with Crippen LogP contribution >= 0.6 is 0 Å². The molecule has 0 saturated carbocycles. The van der Waals surface area contributed by atoms with E-state index >= 15 is 0 Å². The number of amides is 1. The first-order valence-corrected chi connectivity index (χ1v) is 7.87. The Balaban J connectivity index is 2.35. The summed E-state index contributed by atoms with van der Waals surface area (Å²) in [4.78, 5) is 24.0. The summed E-state index contributed by atoms with van der Waals surface area (Å²) in [5, 5.41) is 14.5. The Labute approximate surface area is 149 Å². The molecule has 3 aromatic rings. The predicted molar refractivity (Wildman–Crippen MR) is 98.3 cm³/mol. The molecule has 0 aliphatic carbocycles. The smallest absolute Gasteiger partial charge is 0.254 e. The van der Waals surface area contributed by atoms with Gasteiger partial charge in [-0.1, -0.05) is 6.07 Å². The van der Waals surface area contributed by atoms with Crippen LogP contribution in [-0.4, -0.2) is 25.4 Å². The van der Waals surface area contributed by atoms with Gasteiger partial charge in [0.05, 0.1) is 5.69 Å². The molecule has 134 valence electrons. The van der Waals surface area contributed by atoms with Gasteiger partial charge in [-0.25, -0.2) is 4.68 Å². The van der Waals surface area contributed by atoms with E-state index < -0.39 is 5.91 Å². The van der Waals surface area contributed by atoms with Gasteiger partial charge in [0, 0.05) is 30.4 Å². The second-order valence-electron chi connectivity index (χ2n) is 6.12. The summed E-state index contributed by atoms with van der Waals surface area (Å²) < 4.78 is 2.77. The Morgan fingerprint density at radius 1 is 1.23 bits per heavy atom. The number of rotatable bonds is 3. The summed E-state index contributed by atoms with van der Waals surface area (Å²) in [6.45, 7) is 3.56. The Bertz CT molecular complexity index is 1090. The van der Waals surface area contributed by atoms with Crippen molar-refractivity contribution in [2.45, 2.75) is 13.8 Å². The number of nitrogens with two attached hydrogens (primary N) is 2. The number of hydrogen-bond donors (Lipinski definition) is 3. The topological polar surface area (TPSA) is 129 Å². The first kappa shape index (κ1) is 17.3. The van der Waals surface area contributed by atoms with Crippen molar-refractivity contribution in [3.63, 3.8) is 0 Å². The molecule has 0 atom stereocenters. The molecule has 8 heteroatoms. The lowest BCUT2D eigenvalue weighted by atomic mass is 10.1. The number of aromatic hydroxyl groups is 1. The highest BCUT2D eigenvalue weighted by atomic mass is 16.3. The maximum absolute atomic E-state index is 12.0. The number of phenolic OH excluding ortho intramolecular Hbond substituents is 1. The highest BCUT2D eigenvalue weighted by molar-refractivity contribution is 6.03. The van der Waals surface area contributed by atoms with Crippen LogP contribution in [0.15, 0.2) is 35.3 Å². The lowest BCUT2D eigenvalue weighted by Crippen LogP contribution is -2.16. The quantitative estimate of drug-likeness (QED) is 0.652. The second-order valence-corrected chi connectivity index (χ2v) is 6.12. The Morgan fingerprint density at radius 2 is 1.92 bits per heavy atom. The number of aryl methyl sites for hydroxylation is 2. The molecule has 1 amide bonds. The summed E-state index contributed by atoms with van der Waals surface area (Å²) in [7, 11) is 1.62. The van der Waals surface area contributed by atoms with E-state index in [2.05, 4.69) is 5.10 Å². The summed E-state index contributed by atoms with van der Waals surface area (Å²) >= 11 is 0. The molecule has 0 aliphatic heterocycles. The molecule has 0 unspecified atom stereocenters. The molecular weight excluding hydrogens is 334 g/mol. The fraction of sp³-hybridized carbons (Fsp3) is 0.167. The van der Waals surface area contributed by atoms with Crippen molar-refractivity contribution in [2.24, 2.45) is 12.8 Å². The third-order valence-corrected chi connectivity index (χ3v) is 4.36. The van der Waals surface area contributed by atoms with Gasteiger partial charge in [-0.15, -0.1) is 0 Å². The van der Waals surface area contributed by atoms with Gasteiger partial charge in [0.15, 0.2) is 0 Å². The van der Waals surface area contributed by atoms with E-state index in [4.69, 9.17) is 11.5 Å². The van der Waals surface area contributed by atoms with E-state index in [0.29, 0.717) is 16.8 Å². The first-order chi connectivity index (χ1) is 12.2. The molecule has 5 N–H and O–H groups in total. The van der Waals surface area contributed by atoms with Gasteiger partial charge in [0.25, 0.3) is 11.5 Å². The number of benzene rings is 1. The summed E-state index contributed by atoms with van der Waals surface area (Å²) in [6.07, 6.45) is 1.57. The van der Waals surface area contributed by atoms with Gasteiger partial charge in [0.1, 0.15) is 22.8 Å². The van der Waals surface area contributed by atoms with Crippen LogP contribution in [0.1, 0.15) is 21.5 Å². The zero-order valence-electron chi connectivity index (χ0n) is 14.6. The van der Waals surface area contributed by atoms with Crippen LogP contribution in [0.2, 0.25) is 0 Å². The van der Waals surface area contributed by atoms with Crippen LogP contribution in [0, 0.1) is 13.8 Å². The van der Waals surface area contributed by atoms with Crippen LogP contribution in [0.5, 0.6) is 5.75 Å². The number of carbonyl (C=O) groups excluding carboxylic acids is 1. The van der Waals surface area contributed by atoms with E-state index in [9.17, 15) is 14.7 Å². The fourth-order valence-electron chi connectivity index (χ4n) is 2.89. The van der Waals surface area contributed by atoms with Crippen molar-refractivity contribution < 1.29 is 9.90 Å². The number of pyridine rings is 1. The highest BCUT2D eigenvalue weighted by Crippen LogP contribution is 2.33. The number of carbonyl (C=O) groups is 1. The molecule has 26 heavy (non-hydrogen) atoms. The molecule has 0 spiro atoms. The number of nitrogens with zero attached hydrogens (tertiary/aromatic N) is 3. The molecule has 0 aliphatic rings. The molecule has 8 nitrogen and oxygen atoms in total. The lowest BCUT2D eigenvalue weighted by molar-refractivity contribution is 0.100. The third kappa shape index (κ3) is 2.61. The molecule has 3 rings (SSSR count). The van der Waals surface area contributed by atoms with Crippen molar-refractivity contribution in [2.75, 3.05) is 5.73 Å². The van der Waals surface area contributed by atoms with Gasteiger partial charge in [-0.2, -0.15) is 5.10 Å².